The topological polar surface area (TPSA) is 66.9 Å². The van der Waals surface area contributed by atoms with Crippen LogP contribution in [0.5, 0.6) is 0 Å². The molecule has 2 N–H and O–H groups in total. The molecular formula is C19H16Cl2N4O. The van der Waals surface area contributed by atoms with Gasteiger partial charge in [0.2, 0.25) is 5.95 Å². The van der Waals surface area contributed by atoms with Gasteiger partial charge in [0.1, 0.15) is 5.69 Å². The molecule has 0 fully saturated rings. The van der Waals surface area contributed by atoms with Crippen LogP contribution in [-0.4, -0.2) is 15.9 Å². The van der Waals surface area contributed by atoms with E-state index in [0.29, 0.717) is 15.7 Å². The molecule has 0 atom stereocenters. The summed E-state index contributed by atoms with van der Waals surface area (Å²) >= 11 is 12.1. The number of hydrogen-bond acceptors (Lipinski definition) is 4. The molecule has 1 aromatic heterocycles. The van der Waals surface area contributed by atoms with E-state index in [-0.39, 0.29) is 17.5 Å². The van der Waals surface area contributed by atoms with Crippen molar-refractivity contribution in [3.05, 3.63) is 75.5 Å². The van der Waals surface area contributed by atoms with Gasteiger partial charge in [-0.2, -0.15) is 0 Å². The summed E-state index contributed by atoms with van der Waals surface area (Å²) in [4.78, 5) is 20.8. The maximum Gasteiger partial charge on any atom is 0.274 e. The lowest BCUT2D eigenvalue weighted by Crippen LogP contribution is -2.15. The van der Waals surface area contributed by atoms with Crippen molar-refractivity contribution in [2.24, 2.45) is 0 Å². The lowest BCUT2D eigenvalue weighted by Gasteiger charge is -2.10. The summed E-state index contributed by atoms with van der Waals surface area (Å²) in [5, 5.41) is 6.82. The first kappa shape index (κ1) is 18.2. The molecule has 5 nitrogen and oxygen atoms in total. The molecule has 0 unspecified atom stereocenters. The normalized spacial score (nSPS) is 10.5. The number of benzene rings is 2. The van der Waals surface area contributed by atoms with E-state index >= 15 is 0 Å². The van der Waals surface area contributed by atoms with E-state index in [2.05, 4.69) is 20.6 Å². The summed E-state index contributed by atoms with van der Waals surface area (Å²) < 4.78 is 0. The second kappa shape index (κ2) is 7.72. The van der Waals surface area contributed by atoms with Crippen molar-refractivity contribution in [1.29, 1.82) is 0 Å². The first-order chi connectivity index (χ1) is 12.4. The lowest BCUT2D eigenvalue weighted by atomic mass is 10.1. The number of nitrogens with zero attached hydrogens (tertiary/aromatic N) is 2. The summed E-state index contributed by atoms with van der Waals surface area (Å²) in [6, 6.07) is 12.4. The Bertz CT molecular complexity index is 955. The number of aryl methyl sites for hydroxylation is 2. The van der Waals surface area contributed by atoms with E-state index in [0.717, 1.165) is 16.8 Å². The zero-order valence-electron chi connectivity index (χ0n) is 14.2. The number of nitrogens with one attached hydrogen (secondary N) is 2. The van der Waals surface area contributed by atoms with Crippen LogP contribution in [0.25, 0.3) is 0 Å². The quantitative estimate of drug-likeness (QED) is 0.629. The fourth-order valence-corrected chi connectivity index (χ4v) is 2.84. The third-order valence-electron chi connectivity index (χ3n) is 3.54. The first-order valence-electron chi connectivity index (χ1n) is 7.85. The number of carbonyl (C=O) groups excluding carboxylic acids is 1. The highest BCUT2D eigenvalue weighted by molar-refractivity contribution is 6.35. The van der Waals surface area contributed by atoms with Crippen molar-refractivity contribution in [2.75, 3.05) is 10.6 Å². The Balaban J connectivity index is 1.80. The van der Waals surface area contributed by atoms with Crippen LogP contribution in [0.2, 0.25) is 10.0 Å². The second-order valence-corrected chi connectivity index (χ2v) is 6.69. The predicted octanol–water partition coefficient (Wildman–Crippen LogP) is 5.40. The highest BCUT2D eigenvalue weighted by atomic mass is 35.5. The predicted molar refractivity (Wildman–Crippen MR) is 106 cm³/mol. The van der Waals surface area contributed by atoms with Gasteiger partial charge in [-0.15, -0.1) is 0 Å². The molecule has 0 spiro atoms. The number of hydrogen-bond donors (Lipinski definition) is 2. The molecule has 0 aliphatic carbocycles. The zero-order chi connectivity index (χ0) is 18.7. The molecule has 1 heterocycles. The zero-order valence-corrected chi connectivity index (χ0v) is 15.7. The van der Waals surface area contributed by atoms with Crippen LogP contribution in [0.4, 0.5) is 17.3 Å². The van der Waals surface area contributed by atoms with Crippen LogP contribution >= 0.6 is 23.2 Å². The Kier molecular flexibility index (Phi) is 5.40. The molecule has 26 heavy (non-hydrogen) atoms. The van der Waals surface area contributed by atoms with Crippen LogP contribution < -0.4 is 10.6 Å². The highest BCUT2D eigenvalue weighted by Gasteiger charge is 2.11. The number of aromatic nitrogens is 2. The summed E-state index contributed by atoms with van der Waals surface area (Å²) in [5.41, 5.74) is 3.66. The van der Waals surface area contributed by atoms with Crippen LogP contribution in [-0.2, 0) is 0 Å². The van der Waals surface area contributed by atoms with Crippen LogP contribution in [0.15, 0.2) is 48.7 Å². The maximum absolute atomic E-state index is 12.5. The minimum atomic E-state index is -0.322. The molecule has 1 amide bonds. The van der Waals surface area contributed by atoms with Gasteiger partial charge in [0, 0.05) is 16.9 Å². The van der Waals surface area contributed by atoms with Crippen molar-refractivity contribution in [2.45, 2.75) is 13.8 Å². The molecule has 0 radical (unpaired) electrons. The SMILES string of the molecule is Cc1cc(C)cc(NC(=O)c2ccnc(Nc3cc(Cl)ccc3Cl)n2)c1. The van der Waals surface area contributed by atoms with E-state index < -0.39 is 0 Å². The minimum Gasteiger partial charge on any atom is -0.323 e. The fraction of sp³-hybridized carbons (Fsp3) is 0.105. The van der Waals surface area contributed by atoms with Crippen LogP contribution in [0.1, 0.15) is 21.6 Å². The largest absolute Gasteiger partial charge is 0.323 e. The Morgan fingerprint density at radius 2 is 1.73 bits per heavy atom. The van der Waals surface area contributed by atoms with Gasteiger partial charge in [0.05, 0.1) is 10.7 Å². The molecule has 3 aromatic rings. The van der Waals surface area contributed by atoms with Gasteiger partial charge in [-0.25, -0.2) is 9.97 Å². The second-order valence-electron chi connectivity index (χ2n) is 5.85. The molecule has 0 saturated heterocycles. The number of rotatable bonds is 4. The van der Waals surface area contributed by atoms with Gasteiger partial charge in [0.15, 0.2) is 0 Å². The fourth-order valence-electron chi connectivity index (χ4n) is 2.50. The van der Waals surface area contributed by atoms with Gasteiger partial charge in [-0.3, -0.25) is 4.79 Å². The van der Waals surface area contributed by atoms with Crippen molar-refractivity contribution in [3.63, 3.8) is 0 Å². The van der Waals surface area contributed by atoms with E-state index in [9.17, 15) is 4.79 Å². The van der Waals surface area contributed by atoms with Crippen LogP contribution in [0.3, 0.4) is 0 Å². The summed E-state index contributed by atoms with van der Waals surface area (Å²) in [5.74, 6) is -0.0696. The van der Waals surface area contributed by atoms with Crippen molar-refractivity contribution in [3.8, 4) is 0 Å². The third-order valence-corrected chi connectivity index (χ3v) is 4.11. The van der Waals surface area contributed by atoms with Gasteiger partial charge >= 0.3 is 0 Å². The molecule has 7 heteroatoms. The monoisotopic (exact) mass is 386 g/mol. The third kappa shape index (κ3) is 4.50. The Labute approximate surface area is 161 Å². The maximum atomic E-state index is 12.5. The average Bonchev–Trinajstić information content (AvgIpc) is 2.57. The summed E-state index contributed by atoms with van der Waals surface area (Å²) in [7, 11) is 0. The molecule has 0 aliphatic heterocycles. The number of amides is 1. The molecule has 132 valence electrons. The molecule has 0 aliphatic rings. The molecule has 0 bridgehead atoms. The Hall–Kier alpha value is -2.63. The average molecular weight is 387 g/mol. The number of carbonyl (C=O) groups is 1. The van der Waals surface area contributed by atoms with Gasteiger partial charge in [0.25, 0.3) is 5.91 Å². The number of halogens is 2. The smallest absolute Gasteiger partial charge is 0.274 e. The minimum absolute atomic E-state index is 0.236. The summed E-state index contributed by atoms with van der Waals surface area (Å²) in [6.45, 7) is 3.95. The van der Waals surface area contributed by atoms with Gasteiger partial charge in [-0.05, 0) is 61.4 Å². The standard InChI is InChI=1S/C19H16Cl2N4O/c1-11-7-12(2)9-14(8-11)23-18(26)16-5-6-22-19(24-16)25-17-10-13(20)3-4-15(17)21/h3-10H,1-2H3,(H,23,26)(H,22,24,25). The molecule has 3 rings (SSSR count). The van der Waals surface area contributed by atoms with Crippen molar-refractivity contribution in [1.82, 2.24) is 9.97 Å². The Morgan fingerprint density at radius 1 is 1.00 bits per heavy atom. The van der Waals surface area contributed by atoms with Crippen LogP contribution in [0, 0.1) is 13.8 Å². The molecular weight excluding hydrogens is 371 g/mol. The first-order valence-corrected chi connectivity index (χ1v) is 8.61. The Morgan fingerprint density at radius 3 is 2.46 bits per heavy atom. The van der Waals surface area contributed by atoms with E-state index in [4.69, 9.17) is 23.2 Å². The van der Waals surface area contributed by atoms with Crippen molar-refractivity contribution >= 4 is 46.4 Å². The van der Waals surface area contributed by atoms with Gasteiger partial charge < -0.3 is 10.6 Å². The molecule has 2 aromatic carbocycles. The van der Waals surface area contributed by atoms with E-state index in [1.54, 1.807) is 24.3 Å². The van der Waals surface area contributed by atoms with E-state index in [1.807, 2.05) is 32.0 Å². The highest BCUT2D eigenvalue weighted by Crippen LogP contribution is 2.27. The summed E-state index contributed by atoms with van der Waals surface area (Å²) in [6.07, 6.45) is 1.50. The number of anilines is 3. The lowest BCUT2D eigenvalue weighted by molar-refractivity contribution is 0.102. The van der Waals surface area contributed by atoms with Crippen molar-refractivity contribution < 1.29 is 4.79 Å². The van der Waals surface area contributed by atoms with E-state index in [1.165, 1.54) is 6.20 Å². The molecule has 0 saturated carbocycles. The van der Waals surface area contributed by atoms with Gasteiger partial charge in [-0.1, -0.05) is 29.3 Å².